The first-order valence-corrected chi connectivity index (χ1v) is 11.0. The summed E-state index contributed by atoms with van der Waals surface area (Å²) in [7, 11) is -1.65. The van der Waals surface area contributed by atoms with E-state index in [1.807, 2.05) is 41.5 Å². The molecular formula is C18H38N2O4S. The highest BCUT2D eigenvalue weighted by Crippen LogP contribution is 2.28. The molecule has 0 N–H and O–H groups in total. The van der Waals surface area contributed by atoms with Crippen molar-refractivity contribution in [2.75, 3.05) is 19.8 Å². The molecule has 6 nitrogen and oxygen atoms in total. The zero-order chi connectivity index (χ0) is 20.0. The molecule has 0 saturated heterocycles. The highest BCUT2D eigenvalue weighted by molar-refractivity contribution is 7.88. The molecule has 25 heavy (non-hydrogen) atoms. The van der Waals surface area contributed by atoms with Crippen LogP contribution in [0.2, 0.25) is 0 Å². The van der Waals surface area contributed by atoms with Gasteiger partial charge in [-0.1, -0.05) is 13.3 Å². The molecule has 0 radical (unpaired) electrons. The van der Waals surface area contributed by atoms with Gasteiger partial charge in [-0.05, 0) is 60.3 Å². The fraction of sp³-hybridized carbons (Fsp3) is 0.944. The Morgan fingerprint density at radius 2 is 1.68 bits per heavy atom. The molecule has 0 aromatic heterocycles. The number of hydrogen-bond donors (Lipinski definition) is 0. The van der Waals surface area contributed by atoms with Gasteiger partial charge in [-0.3, -0.25) is 0 Å². The highest BCUT2D eigenvalue weighted by Gasteiger charge is 2.34. The van der Waals surface area contributed by atoms with Gasteiger partial charge in [-0.25, -0.2) is 13.2 Å². The smallest absolute Gasteiger partial charge is 0.410 e. The van der Waals surface area contributed by atoms with Crippen molar-refractivity contribution < 1.29 is 17.9 Å². The molecule has 7 heteroatoms. The van der Waals surface area contributed by atoms with Crippen LogP contribution in [0, 0.1) is 5.92 Å². The lowest BCUT2D eigenvalue weighted by Gasteiger charge is -2.38. The molecule has 0 rings (SSSR count). The van der Waals surface area contributed by atoms with Crippen LogP contribution in [0.4, 0.5) is 4.79 Å². The van der Waals surface area contributed by atoms with Gasteiger partial charge < -0.3 is 9.64 Å². The molecule has 0 fully saturated rings. The summed E-state index contributed by atoms with van der Waals surface area (Å²) < 4.78 is 30.6. The Labute approximate surface area is 154 Å². The van der Waals surface area contributed by atoms with E-state index in [4.69, 9.17) is 4.74 Å². The van der Waals surface area contributed by atoms with Crippen molar-refractivity contribution in [3.8, 4) is 0 Å². The normalized spacial score (nSPS) is 14.2. The number of carbonyl (C=O) groups is 1. The van der Waals surface area contributed by atoms with Crippen LogP contribution in [0.1, 0.15) is 67.7 Å². The molecule has 0 aliphatic rings. The van der Waals surface area contributed by atoms with Crippen LogP contribution in [0.5, 0.6) is 0 Å². The monoisotopic (exact) mass is 378 g/mol. The molecular weight excluding hydrogens is 340 g/mol. The van der Waals surface area contributed by atoms with E-state index in [1.54, 1.807) is 11.9 Å². The maximum absolute atomic E-state index is 12.4. The summed E-state index contributed by atoms with van der Waals surface area (Å²) in [6.45, 7) is 14.2. The van der Waals surface area contributed by atoms with E-state index in [9.17, 15) is 13.2 Å². The van der Waals surface area contributed by atoms with E-state index < -0.39 is 15.6 Å². The predicted octanol–water partition coefficient (Wildman–Crippen LogP) is 3.72. The van der Waals surface area contributed by atoms with E-state index in [1.165, 1.54) is 10.6 Å². The van der Waals surface area contributed by atoms with E-state index in [0.717, 1.165) is 12.8 Å². The predicted molar refractivity (Wildman–Crippen MR) is 103 cm³/mol. The molecule has 0 aromatic carbocycles. The first-order chi connectivity index (χ1) is 11.2. The molecule has 1 atom stereocenters. The summed E-state index contributed by atoms with van der Waals surface area (Å²) in [5, 5.41) is 0. The van der Waals surface area contributed by atoms with Crippen molar-refractivity contribution >= 4 is 16.1 Å². The largest absolute Gasteiger partial charge is 0.447 e. The van der Waals surface area contributed by atoms with Gasteiger partial charge in [0.1, 0.15) is 0 Å². The van der Waals surface area contributed by atoms with E-state index in [2.05, 4.69) is 6.92 Å². The lowest BCUT2D eigenvalue weighted by atomic mass is 9.87. The van der Waals surface area contributed by atoms with Crippen molar-refractivity contribution in [2.45, 2.75) is 85.4 Å². The van der Waals surface area contributed by atoms with Gasteiger partial charge >= 0.3 is 6.09 Å². The summed E-state index contributed by atoms with van der Waals surface area (Å²) in [5.74, 6) is 0.200. The maximum atomic E-state index is 12.4. The van der Waals surface area contributed by atoms with Crippen LogP contribution < -0.4 is 0 Å². The third kappa shape index (κ3) is 8.40. The van der Waals surface area contributed by atoms with E-state index in [-0.39, 0.29) is 24.2 Å². The average molecular weight is 379 g/mol. The lowest BCUT2D eigenvalue weighted by molar-refractivity contribution is 0.0571. The number of nitrogens with zero attached hydrogens (tertiary/aromatic N) is 2. The minimum Gasteiger partial charge on any atom is -0.447 e. The number of hydrogen-bond acceptors (Lipinski definition) is 4. The number of amides is 1. The van der Waals surface area contributed by atoms with Crippen LogP contribution in [0.15, 0.2) is 0 Å². The van der Waals surface area contributed by atoms with Crippen molar-refractivity contribution in [1.82, 2.24) is 9.21 Å². The Morgan fingerprint density at radius 1 is 1.16 bits per heavy atom. The quantitative estimate of drug-likeness (QED) is 0.581. The molecule has 0 aromatic rings. The second-order valence-corrected chi connectivity index (χ2v) is 10.1. The first-order valence-electron chi connectivity index (χ1n) is 9.13. The SMILES string of the molecule is CCCC(CN(C(=O)OC(C)C)C(C)C)CC(C)(C)N(C)S(C)(=O)=O. The Bertz CT molecular complexity index is 515. The van der Waals surface area contributed by atoms with Gasteiger partial charge in [0.2, 0.25) is 10.0 Å². The molecule has 0 spiro atoms. The highest BCUT2D eigenvalue weighted by atomic mass is 32.2. The van der Waals surface area contributed by atoms with Crippen LogP contribution in [-0.4, -0.2) is 61.2 Å². The minimum absolute atomic E-state index is 0.0290. The standard InChI is InChI=1S/C18H38N2O4S/c1-10-11-16(12-18(6,7)19(8)25(9,22)23)13-20(14(2)3)17(21)24-15(4)5/h14-16H,10-13H2,1-9H3. The fourth-order valence-electron chi connectivity index (χ4n) is 2.99. The molecule has 0 bridgehead atoms. The van der Waals surface area contributed by atoms with Crippen molar-refractivity contribution in [2.24, 2.45) is 5.92 Å². The van der Waals surface area contributed by atoms with Crippen molar-refractivity contribution in [3.05, 3.63) is 0 Å². The van der Waals surface area contributed by atoms with E-state index >= 15 is 0 Å². The van der Waals surface area contributed by atoms with Crippen LogP contribution in [0.3, 0.4) is 0 Å². The Morgan fingerprint density at radius 3 is 2.04 bits per heavy atom. The Balaban J connectivity index is 5.29. The average Bonchev–Trinajstić information content (AvgIpc) is 2.41. The topological polar surface area (TPSA) is 66.9 Å². The second-order valence-electron chi connectivity index (χ2n) is 8.08. The number of rotatable bonds is 10. The first kappa shape index (κ1) is 24.2. The Kier molecular flexibility index (Phi) is 9.44. The molecule has 1 amide bonds. The summed E-state index contributed by atoms with van der Waals surface area (Å²) in [4.78, 5) is 14.1. The third-order valence-electron chi connectivity index (χ3n) is 4.48. The molecule has 1 unspecified atom stereocenters. The minimum atomic E-state index is -3.27. The van der Waals surface area contributed by atoms with Crippen LogP contribution in [0.25, 0.3) is 0 Å². The lowest BCUT2D eigenvalue weighted by Crippen LogP contribution is -2.48. The zero-order valence-electron chi connectivity index (χ0n) is 17.5. The van der Waals surface area contributed by atoms with Gasteiger partial charge in [0, 0.05) is 25.2 Å². The summed E-state index contributed by atoms with van der Waals surface area (Å²) in [6.07, 6.45) is 3.35. The van der Waals surface area contributed by atoms with Crippen molar-refractivity contribution in [3.63, 3.8) is 0 Å². The molecule has 0 aliphatic carbocycles. The second kappa shape index (κ2) is 9.76. The number of sulfonamides is 1. The third-order valence-corrected chi connectivity index (χ3v) is 5.97. The van der Waals surface area contributed by atoms with Gasteiger partial charge in [0.15, 0.2) is 0 Å². The number of ether oxygens (including phenoxy) is 1. The van der Waals surface area contributed by atoms with Gasteiger partial charge in [0.05, 0.1) is 12.4 Å². The van der Waals surface area contributed by atoms with E-state index in [0.29, 0.717) is 13.0 Å². The van der Waals surface area contributed by atoms with Crippen molar-refractivity contribution in [1.29, 1.82) is 0 Å². The zero-order valence-corrected chi connectivity index (χ0v) is 18.3. The number of carbonyl (C=O) groups excluding carboxylic acids is 1. The van der Waals surface area contributed by atoms with Crippen LogP contribution in [-0.2, 0) is 14.8 Å². The van der Waals surface area contributed by atoms with Gasteiger partial charge in [-0.15, -0.1) is 0 Å². The summed E-state index contributed by atoms with van der Waals surface area (Å²) in [5.41, 5.74) is -0.516. The molecule has 150 valence electrons. The molecule has 0 aliphatic heterocycles. The van der Waals surface area contributed by atoms with Gasteiger partial charge in [-0.2, -0.15) is 4.31 Å². The summed E-state index contributed by atoms with van der Waals surface area (Å²) >= 11 is 0. The fourth-order valence-corrected chi connectivity index (χ4v) is 3.97. The van der Waals surface area contributed by atoms with Gasteiger partial charge in [0.25, 0.3) is 0 Å². The molecule has 0 saturated carbocycles. The van der Waals surface area contributed by atoms with Crippen LogP contribution >= 0.6 is 0 Å². The summed E-state index contributed by atoms with van der Waals surface area (Å²) in [6, 6.07) is 0.0290. The maximum Gasteiger partial charge on any atom is 0.410 e. The Hall–Kier alpha value is -0.820. The molecule has 0 heterocycles.